The summed E-state index contributed by atoms with van der Waals surface area (Å²) < 4.78 is 15.6. The van der Waals surface area contributed by atoms with Crippen LogP contribution < -0.4 is 0 Å². The number of piperidine rings is 1. The van der Waals surface area contributed by atoms with Gasteiger partial charge in [0, 0.05) is 32.4 Å². The zero-order chi connectivity index (χ0) is 19.4. The van der Waals surface area contributed by atoms with E-state index in [-0.39, 0.29) is 23.4 Å². The van der Waals surface area contributed by atoms with Crippen LogP contribution >= 0.6 is 0 Å². The lowest BCUT2D eigenvalue weighted by molar-refractivity contribution is -0.129. The average Bonchev–Trinajstić information content (AvgIpc) is 3.10. The number of aromatic nitrogens is 2. The standard InChI is InChI=1S/C20H23FN4O2/c1-3-19(26)25(14-15-8-11-23(2)22-15)16-9-12-24(13-10-16)20(27)17-6-4-5-7-18(17)21/h3-8,11,16H,1,9-10,12-14H2,2H3. The van der Waals surface area contributed by atoms with Crippen molar-refractivity contribution in [2.24, 2.45) is 7.05 Å². The number of hydrogen-bond acceptors (Lipinski definition) is 3. The predicted molar refractivity (Wildman–Crippen MR) is 99.3 cm³/mol. The number of benzene rings is 1. The first kappa shape index (κ1) is 18.8. The zero-order valence-corrected chi connectivity index (χ0v) is 15.3. The summed E-state index contributed by atoms with van der Waals surface area (Å²) in [5, 5.41) is 4.34. The van der Waals surface area contributed by atoms with Gasteiger partial charge in [0.25, 0.3) is 5.91 Å². The molecule has 1 saturated heterocycles. The lowest BCUT2D eigenvalue weighted by Gasteiger charge is -2.38. The fraction of sp³-hybridized carbons (Fsp3) is 0.350. The van der Waals surface area contributed by atoms with Gasteiger partial charge >= 0.3 is 0 Å². The van der Waals surface area contributed by atoms with Crippen LogP contribution in [-0.2, 0) is 18.4 Å². The van der Waals surface area contributed by atoms with Crippen LogP contribution in [0.5, 0.6) is 0 Å². The monoisotopic (exact) mass is 370 g/mol. The molecule has 1 aromatic heterocycles. The molecule has 0 aliphatic carbocycles. The van der Waals surface area contributed by atoms with Crippen LogP contribution in [0.4, 0.5) is 4.39 Å². The normalized spacial score (nSPS) is 14.8. The second kappa shape index (κ2) is 8.16. The van der Waals surface area contributed by atoms with Gasteiger partial charge in [-0.15, -0.1) is 0 Å². The Morgan fingerprint density at radius 1 is 1.30 bits per heavy atom. The maximum absolute atomic E-state index is 13.9. The van der Waals surface area contributed by atoms with Gasteiger partial charge in [0.1, 0.15) is 5.82 Å². The summed E-state index contributed by atoms with van der Waals surface area (Å²) in [5.74, 6) is -0.972. The Morgan fingerprint density at radius 3 is 2.59 bits per heavy atom. The lowest BCUT2D eigenvalue weighted by Crippen LogP contribution is -2.48. The van der Waals surface area contributed by atoms with E-state index in [1.54, 1.807) is 26.6 Å². The fourth-order valence-corrected chi connectivity index (χ4v) is 3.41. The minimum atomic E-state index is -0.511. The van der Waals surface area contributed by atoms with Crippen molar-refractivity contribution in [3.8, 4) is 0 Å². The molecular weight excluding hydrogens is 347 g/mol. The molecule has 2 amide bonds. The molecule has 0 N–H and O–H groups in total. The molecule has 142 valence electrons. The first-order valence-corrected chi connectivity index (χ1v) is 8.95. The molecule has 7 heteroatoms. The largest absolute Gasteiger partial charge is 0.338 e. The van der Waals surface area contributed by atoms with Crippen LogP contribution in [0, 0.1) is 5.82 Å². The molecule has 6 nitrogen and oxygen atoms in total. The van der Waals surface area contributed by atoms with E-state index in [1.165, 1.54) is 18.2 Å². The van der Waals surface area contributed by atoms with E-state index in [2.05, 4.69) is 11.7 Å². The summed E-state index contributed by atoms with van der Waals surface area (Å²) in [7, 11) is 1.83. The third-order valence-corrected chi connectivity index (χ3v) is 4.86. The van der Waals surface area contributed by atoms with Crippen molar-refractivity contribution in [2.45, 2.75) is 25.4 Å². The number of likely N-dealkylation sites (tertiary alicyclic amines) is 1. The Bertz CT molecular complexity index is 840. The van der Waals surface area contributed by atoms with E-state index < -0.39 is 5.82 Å². The molecule has 0 atom stereocenters. The lowest BCUT2D eigenvalue weighted by atomic mass is 10.0. The van der Waals surface area contributed by atoms with E-state index in [0.29, 0.717) is 32.5 Å². The molecular formula is C20H23FN4O2. The van der Waals surface area contributed by atoms with Crippen molar-refractivity contribution in [3.05, 3.63) is 66.3 Å². The quantitative estimate of drug-likeness (QED) is 0.760. The van der Waals surface area contributed by atoms with Gasteiger partial charge in [-0.2, -0.15) is 5.10 Å². The number of amides is 2. The van der Waals surface area contributed by atoms with Gasteiger partial charge in [-0.05, 0) is 37.1 Å². The Hall–Kier alpha value is -2.96. The molecule has 3 rings (SSSR count). The number of rotatable bonds is 5. The summed E-state index contributed by atoms with van der Waals surface area (Å²) in [6.45, 7) is 4.94. The van der Waals surface area contributed by atoms with Crippen molar-refractivity contribution in [1.29, 1.82) is 0 Å². The SMILES string of the molecule is C=CC(=O)N(Cc1ccn(C)n1)C1CCN(C(=O)c2ccccc2F)CC1. The highest BCUT2D eigenvalue weighted by molar-refractivity contribution is 5.94. The van der Waals surface area contributed by atoms with Crippen LogP contribution in [0.25, 0.3) is 0 Å². The molecule has 1 aliphatic heterocycles. The van der Waals surface area contributed by atoms with Crippen molar-refractivity contribution >= 4 is 11.8 Å². The van der Waals surface area contributed by atoms with Crippen molar-refractivity contribution in [2.75, 3.05) is 13.1 Å². The number of halogens is 1. The zero-order valence-electron chi connectivity index (χ0n) is 15.3. The maximum Gasteiger partial charge on any atom is 0.256 e. The molecule has 1 fully saturated rings. The Kier molecular flexibility index (Phi) is 5.69. The van der Waals surface area contributed by atoms with Gasteiger partial charge < -0.3 is 9.80 Å². The second-order valence-electron chi connectivity index (χ2n) is 6.65. The summed E-state index contributed by atoms with van der Waals surface area (Å²) >= 11 is 0. The highest BCUT2D eigenvalue weighted by Gasteiger charge is 2.30. The molecule has 27 heavy (non-hydrogen) atoms. The summed E-state index contributed by atoms with van der Waals surface area (Å²) in [6.07, 6.45) is 4.40. The summed E-state index contributed by atoms with van der Waals surface area (Å²) in [4.78, 5) is 28.3. The van der Waals surface area contributed by atoms with Crippen LogP contribution in [0.1, 0.15) is 28.9 Å². The van der Waals surface area contributed by atoms with E-state index >= 15 is 0 Å². The predicted octanol–water partition coefficient (Wildman–Crippen LogP) is 2.38. The van der Waals surface area contributed by atoms with Crippen LogP contribution in [0.15, 0.2) is 49.2 Å². The number of aryl methyl sites for hydroxylation is 1. The van der Waals surface area contributed by atoms with Crippen LogP contribution in [0.3, 0.4) is 0 Å². The van der Waals surface area contributed by atoms with Gasteiger partial charge in [0.15, 0.2) is 0 Å². The molecule has 0 bridgehead atoms. The molecule has 1 aliphatic rings. The van der Waals surface area contributed by atoms with Gasteiger partial charge in [0.2, 0.25) is 5.91 Å². The highest BCUT2D eigenvalue weighted by Crippen LogP contribution is 2.21. The van der Waals surface area contributed by atoms with E-state index in [4.69, 9.17) is 0 Å². The number of nitrogens with zero attached hydrogens (tertiary/aromatic N) is 4. The number of carbonyl (C=O) groups is 2. The molecule has 1 aromatic carbocycles. The van der Waals surface area contributed by atoms with Crippen molar-refractivity contribution in [3.63, 3.8) is 0 Å². The molecule has 0 radical (unpaired) electrons. The number of carbonyl (C=O) groups excluding carboxylic acids is 2. The Morgan fingerprint density at radius 2 is 2.00 bits per heavy atom. The fourth-order valence-electron chi connectivity index (χ4n) is 3.41. The van der Waals surface area contributed by atoms with E-state index in [0.717, 1.165) is 5.69 Å². The minimum absolute atomic E-state index is 0.0119. The summed E-state index contributed by atoms with van der Waals surface area (Å²) in [5.41, 5.74) is 0.890. The first-order chi connectivity index (χ1) is 13.0. The van der Waals surface area contributed by atoms with Crippen molar-refractivity contribution in [1.82, 2.24) is 19.6 Å². The van der Waals surface area contributed by atoms with E-state index in [1.807, 2.05) is 19.3 Å². The third kappa shape index (κ3) is 4.24. The van der Waals surface area contributed by atoms with Crippen LogP contribution in [0.2, 0.25) is 0 Å². The second-order valence-corrected chi connectivity index (χ2v) is 6.65. The van der Waals surface area contributed by atoms with Gasteiger partial charge in [-0.25, -0.2) is 4.39 Å². The number of hydrogen-bond donors (Lipinski definition) is 0. The smallest absolute Gasteiger partial charge is 0.256 e. The van der Waals surface area contributed by atoms with Crippen LogP contribution in [-0.4, -0.2) is 50.5 Å². The minimum Gasteiger partial charge on any atom is -0.338 e. The first-order valence-electron chi connectivity index (χ1n) is 8.95. The molecule has 2 aromatic rings. The van der Waals surface area contributed by atoms with Gasteiger partial charge in [-0.1, -0.05) is 18.7 Å². The van der Waals surface area contributed by atoms with Crippen molar-refractivity contribution < 1.29 is 14.0 Å². The molecule has 0 spiro atoms. The highest BCUT2D eigenvalue weighted by atomic mass is 19.1. The molecule has 2 heterocycles. The third-order valence-electron chi connectivity index (χ3n) is 4.86. The van der Waals surface area contributed by atoms with Gasteiger partial charge in [0.05, 0.1) is 17.8 Å². The summed E-state index contributed by atoms with van der Waals surface area (Å²) in [6, 6.07) is 7.87. The Labute approximate surface area is 157 Å². The van der Waals surface area contributed by atoms with E-state index in [9.17, 15) is 14.0 Å². The maximum atomic E-state index is 13.9. The van der Waals surface area contributed by atoms with Gasteiger partial charge in [-0.3, -0.25) is 14.3 Å². The Balaban J connectivity index is 1.66. The molecule has 0 saturated carbocycles. The topological polar surface area (TPSA) is 58.4 Å². The average molecular weight is 370 g/mol. The molecule has 0 unspecified atom stereocenters.